The van der Waals surface area contributed by atoms with Crippen LogP contribution < -0.4 is 5.32 Å². The lowest BCUT2D eigenvalue weighted by Crippen LogP contribution is -2.51. The van der Waals surface area contributed by atoms with Crippen molar-refractivity contribution in [3.05, 3.63) is 28.8 Å². The summed E-state index contributed by atoms with van der Waals surface area (Å²) in [4.78, 5) is 12.7. The molecule has 4 nitrogen and oxygen atoms in total. The molecule has 2 rings (SSSR count). The normalized spacial score (nSPS) is 23.1. The number of carbonyl (C=O) groups excluding carboxylic acids is 1. The Bertz CT molecular complexity index is 550. The fourth-order valence-electron chi connectivity index (χ4n) is 2.09. The average Bonchev–Trinajstić information content (AvgIpc) is 2.46. The van der Waals surface area contributed by atoms with Crippen LogP contribution in [0, 0.1) is 0 Å². The van der Waals surface area contributed by atoms with Gasteiger partial charge in [0.1, 0.15) is 0 Å². The van der Waals surface area contributed by atoms with Crippen molar-refractivity contribution in [3.8, 4) is 0 Å². The number of carbonyl (C=O) groups is 1. The first-order valence-electron chi connectivity index (χ1n) is 5.84. The Morgan fingerprint density at radius 3 is 2.70 bits per heavy atom. The lowest BCUT2D eigenvalue weighted by molar-refractivity contribution is -0.268. The first kappa shape index (κ1) is 14.9. The molecule has 1 heterocycles. The van der Waals surface area contributed by atoms with E-state index in [9.17, 15) is 23.1 Å². The number of rotatable bonds is 1. The highest BCUT2D eigenvalue weighted by Gasteiger charge is 2.58. The van der Waals surface area contributed by atoms with Crippen molar-refractivity contribution >= 4 is 23.3 Å². The maximum Gasteiger partial charge on any atom is 0.423 e. The topological polar surface area (TPSA) is 52.6 Å². The van der Waals surface area contributed by atoms with Crippen molar-refractivity contribution in [3.63, 3.8) is 0 Å². The van der Waals surface area contributed by atoms with E-state index >= 15 is 0 Å². The van der Waals surface area contributed by atoms with Gasteiger partial charge in [0, 0.05) is 22.8 Å². The van der Waals surface area contributed by atoms with Crippen LogP contribution in [0.4, 0.5) is 23.7 Å². The third-order valence-electron chi connectivity index (χ3n) is 3.23. The van der Waals surface area contributed by atoms with Gasteiger partial charge in [-0.3, -0.25) is 0 Å². The van der Waals surface area contributed by atoms with Gasteiger partial charge < -0.3 is 15.3 Å². The number of hydrogen-bond acceptors (Lipinski definition) is 2. The van der Waals surface area contributed by atoms with Crippen LogP contribution in [-0.2, 0) is 5.60 Å². The molecule has 20 heavy (non-hydrogen) atoms. The number of hydrogen-bond donors (Lipinski definition) is 2. The zero-order valence-electron chi connectivity index (χ0n) is 10.5. The number of aliphatic hydroxyl groups is 1. The van der Waals surface area contributed by atoms with Gasteiger partial charge in [-0.1, -0.05) is 11.6 Å². The van der Waals surface area contributed by atoms with Gasteiger partial charge >= 0.3 is 12.2 Å². The number of urea groups is 1. The Labute approximate surface area is 118 Å². The van der Waals surface area contributed by atoms with E-state index in [1.165, 1.54) is 19.1 Å². The van der Waals surface area contributed by atoms with Crippen molar-refractivity contribution in [1.82, 2.24) is 4.90 Å². The summed E-state index contributed by atoms with van der Waals surface area (Å²) in [5.41, 5.74) is -3.72. The molecule has 1 aliphatic heterocycles. The molecule has 0 aliphatic carbocycles. The fraction of sp³-hybridized carbons (Fsp3) is 0.417. The van der Waals surface area contributed by atoms with Gasteiger partial charge in [0.15, 0.2) is 0 Å². The summed E-state index contributed by atoms with van der Waals surface area (Å²) in [6.07, 6.45) is -4.94. The van der Waals surface area contributed by atoms with E-state index in [2.05, 4.69) is 5.32 Å². The van der Waals surface area contributed by atoms with Crippen LogP contribution in [0.3, 0.4) is 0 Å². The largest absolute Gasteiger partial charge is 0.423 e. The minimum atomic E-state index is -4.94. The van der Waals surface area contributed by atoms with E-state index in [4.69, 9.17) is 11.6 Å². The van der Waals surface area contributed by atoms with E-state index < -0.39 is 29.9 Å². The zero-order chi connectivity index (χ0) is 15.1. The summed E-state index contributed by atoms with van der Waals surface area (Å²) in [6.45, 7) is 0.678. The van der Waals surface area contributed by atoms with Crippen molar-refractivity contribution in [2.45, 2.75) is 18.7 Å². The maximum atomic E-state index is 13.3. The second kappa shape index (κ2) is 4.82. The molecule has 0 saturated heterocycles. The molecular weight excluding hydrogens is 297 g/mol. The Balaban J connectivity index is 2.66. The van der Waals surface area contributed by atoms with Crippen LogP contribution in [-0.4, -0.2) is 35.3 Å². The highest BCUT2D eigenvalue weighted by atomic mass is 35.5. The molecule has 0 fully saturated rings. The number of amides is 2. The van der Waals surface area contributed by atoms with Crippen LogP contribution in [0.5, 0.6) is 0 Å². The van der Waals surface area contributed by atoms with E-state index in [1.807, 2.05) is 0 Å². The Kier molecular flexibility index (Phi) is 3.60. The van der Waals surface area contributed by atoms with Crippen LogP contribution >= 0.6 is 11.6 Å². The molecule has 110 valence electrons. The van der Waals surface area contributed by atoms with Crippen LogP contribution in [0.1, 0.15) is 12.5 Å². The Morgan fingerprint density at radius 2 is 2.15 bits per heavy atom. The molecule has 2 N–H and O–H groups in total. The highest BCUT2D eigenvalue weighted by molar-refractivity contribution is 6.30. The minimum absolute atomic E-state index is 0.0337. The van der Waals surface area contributed by atoms with Crippen LogP contribution in [0.25, 0.3) is 0 Å². The molecule has 0 bridgehead atoms. The summed E-state index contributed by atoms with van der Waals surface area (Å²) in [5.74, 6) is 0. The molecule has 0 radical (unpaired) electrons. The van der Waals surface area contributed by atoms with Gasteiger partial charge in [-0.05, 0) is 25.1 Å². The smallest absolute Gasteiger partial charge is 0.375 e. The van der Waals surface area contributed by atoms with E-state index in [1.54, 1.807) is 0 Å². The Hall–Kier alpha value is -1.47. The Morgan fingerprint density at radius 1 is 1.50 bits per heavy atom. The monoisotopic (exact) mass is 308 g/mol. The molecule has 2 amide bonds. The SMILES string of the molecule is CCN1CC(O)(C(F)(F)F)c2cc(Cl)ccc2NC1=O. The number of halogens is 4. The third-order valence-corrected chi connectivity index (χ3v) is 3.46. The van der Waals surface area contributed by atoms with Gasteiger partial charge in [0.2, 0.25) is 5.60 Å². The van der Waals surface area contributed by atoms with Crippen LogP contribution in [0.2, 0.25) is 5.02 Å². The number of benzene rings is 1. The van der Waals surface area contributed by atoms with Gasteiger partial charge in [0.25, 0.3) is 0 Å². The standard InChI is InChI=1S/C12H12ClF3N2O2/c1-2-18-6-11(20,12(14,15)16)8-5-7(13)3-4-9(8)17-10(18)19/h3-5,20H,2,6H2,1H3,(H,17,19). The molecule has 0 spiro atoms. The summed E-state index contributed by atoms with van der Waals surface area (Å²) in [6, 6.07) is 2.91. The number of fused-ring (bicyclic) bond motifs is 1. The number of alkyl halides is 3. The predicted molar refractivity (Wildman–Crippen MR) is 67.7 cm³/mol. The van der Waals surface area contributed by atoms with Gasteiger partial charge in [-0.25, -0.2) is 4.79 Å². The van der Waals surface area contributed by atoms with Crippen LogP contribution in [0.15, 0.2) is 18.2 Å². The van der Waals surface area contributed by atoms with E-state index in [0.717, 1.165) is 11.0 Å². The number of anilines is 1. The van der Waals surface area contributed by atoms with Crippen molar-refractivity contribution in [2.24, 2.45) is 0 Å². The first-order chi connectivity index (χ1) is 9.19. The van der Waals surface area contributed by atoms with Gasteiger partial charge in [0.05, 0.1) is 6.54 Å². The quantitative estimate of drug-likeness (QED) is 0.838. The fourth-order valence-corrected chi connectivity index (χ4v) is 2.26. The summed E-state index contributed by atoms with van der Waals surface area (Å²) < 4.78 is 39.9. The minimum Gasteiger partial charge on any atom is -0.375 e. The molecule has 0 aromatic heterocycles. The van der Waals surface area contributed by atoms with Crippen molar-refractivity contribution < 1.29 is 23.1 Å². The lowest BCUT2D eigenvalue weighted by Gasteiger charge is -2.33. The van der Waals surface area contributed by atoms with Gasteiger partial charge in [-0.15, -0.1) is 0 Å². The second-order valence-corrected chi connectivity index (χ2v) is 4.93. The third kappa shape index (κ3) is 2.31. The average molecular weight is 309 g/mol. The number of likely N-dealkylation sites (N-methyl/N-ethyl adjacent to an activating group) is 1. The molecule has 8 heteroatoms. The lowest BCUT2D eigenvalue weighted by atomic mass is 9.91. The molecule has 1 atom stereocenters. The zero-order valence-corrected chi connectivity index (χ0v) is 11.2. The molecule has 1 unspecified atom stereocenters. The molecule has 1 aromatic carbocycles. The summed E-state index contributed by atoms with van der Waals surface area (Å²) in [7, 11) is 0. The van der Waals surface area contributed by atoms with Gasteiger partial charge in [-0.2, -0.15) is 13.2 Å². The molecule has 1 aromatic rings. The summed E-state index contributed by atoms with van der Waals surface area (Å²) >= 11 is 5.71. The molecular formula is C12H12ClF3N2O2. The van der Waals surface area contributed by atoms with Crippen molar-refractivity contribution in [2.75, 3.05) is 18.4 Å². The van der Waals surface area contributed by atoms with E-state index in [0.29, 0.717) is 0 Å². The van der Waals surface area contributed by atoms with Crippen molar-refractivity contribution in [1.29, 1.82) is 0 Å². The molecule has 1 aliphatic rings. The highest BCUT2D eigenvalue weighted by Crippen LogP contribution is 2.44. The first-order valence-corrected chi connectivity index (χ1v) is 6.22. The predicted octanol–water partition coefficient (Wildman–Crippen LogP) is 2.96. The number of nitrogens with zero attached hydrogens (tertiary/aromatic N) is 1. The summed E-state index contributed by atoms with van der Waals surface area (Å²) in [5, 5.41) is 12.6. The second-order valence-electron chi connectivity index (χ2n) is 4.49. The molecule has 0 saturated carbocycles. The number of nitrogens with one attached hydrogen (secondary N) is 1. The maximum absolute atomic E-state index is 13.3. The number of β-amino-alcohol motifs (C(OH)–C–C–N with tert-alkyl or cyclic N) is 1. The van der Waals surface area contributed by atoms with E-state index in [-0.39, 0.29) is 17.3 Å².